The van der Waals surface area contributed by atoms with Gasteiger partial charge in [-0.1, -0.05) is 0 Å². The molecule has 1 heterocycles. The van der Waals surface area contributed by atoms with Crippen molar-refractivity contribution in [3.8, 4) is 11.5 Å². The summed E-state index contributed by atoms with van der Waals surface area (Å²) in [6.07, 6.45) is 1.02. The molecule has 1 atom stereocenters. The van der Waals surface area contributed by atoms with E-state index in [0.29, 0.717) is 29.5 Å². The van der Waals surface area contributed by atoms with Crippen LogP contribution >= 0.6 is 0 Å². The molecular weight excluding hydrogens is 359 g/mol. The first-order valence-corrected chi connectivity index (χ1v) is 9.59. The Kier molecular flexibility index (Phi) is 6.39. The molecule has 28 heavy (non-hydrogen) atoms. The topological polar surface area (TPSA) is 50.8 Å². The van der Waals surface area contributed by atoms with Gasteiger partial charge in [0.2, 0.25) is 0 Å². The number of hydrogen-bond donors (Lipinski definition) is 1. The highest BCUT2D eigenvalue weighted by molar-refractivity contribution is 5.94. The van der Waals surface area contributed by atoms with Crippen LogP contribution in [0.25, 0.3) is 0 Å². The Labute approximate surface area is 165 Å². The Bertz CT molecular complexity index is 808. The van der Waals surface area contributed by atoms with E-state index >= 15 is 0 Å². The van der Waals surface area contributed by atoms with Crippen molar-refractivity contribution in [3.05, 3.63) is 53.8 Å². The lowest BCUT2D eigenvalue weighted by atomic mass is 10.1. The van der Waals surface area contributed by atoms with E-state index in [9.17, 15) is 9.18 Å². The summed E-state index contributed by atoms with van der Waals surface area (Å²) in [6, 6.07) is 11.8. The Hall–Kier alpha value is -2.76. The van der Waals surface area contributed by atoms with Crippen molar-refractivity contribution in [2.24, 2.45) is 5.92 Å². The fraction of sp³-hybridized carbons (Fsp3) is 0.409. The number of carbonyl (C=O) groups is 1. The lowest BCUT2D eigenvalue weighted by Gasteiger charge is -2.19. The molecule has 2 aromatic carbocycles. The number of methoxy groups -OCH3 is 1. The van der Waals surface area contributed by atoms with Crippen LogP contribution in [-0.4, -0.2) is 38.8 Å². The van der Waals surface area contributed by atoms with Gasteiger partial charge in [-0.3, -0.25) is 4.79 Å². The molecule has 3 rings (SSSR count). The highest BCUT2D eigenvalue weighted by atomic mass is 19.1. The molecule has 0 saturated carbocycles. The van der Waals surface area contributed by atoms with Gasteiger partial charge in [0.25, 0.3) is 5.91 Å². The van der Waals surface area contributed by atoms with Gasteiger partial charge in [-0.2, -0.15) is 0 Å². The van der Waals surface area contributed by atoms with Crippen LogP contribution in [0, 0.1) is 11.7 Å². The number of ether oxygens (including phenoxy) is 2. The molecule has 2 aromatic rings. The number of halogens is 1. The minimum absolute atomic E-state index is 0.0278. The minimum Gasteiger partial charge on any atom is -0.493 e. The summed E-state index contributed by atoms with van der Waals surface area (Å²) in [4.78, 5) is 14.7. The summed E-state index contributed by atoms with van der Waals surface area (Å²) in [6.45, 7) is 6.23. The first kappa shape index (κ1) is 20.0. The second-order valence-corrected chi connectivity index (χ2v) is 7.32. The highest BCUT2D eigenvalue weighted by Crippen LogP contribution is 2.29. The number of nitrogens with one attached hydrogen (secondary N) is 1. The SMILES string of the molecule is COc1cc(C(=O)NCC2CCN(c3ccc(F)cc3)C2)ccc1OC(C)C. The van der Waals surface area contributed by atoms with E-state index in [1.54, 1.807) is 37.4 Å². The third kappa shape index (κ3) is 4.94. The Morgan fingerprint density at radius 2 is 1.96 bits per heavy atom. The smallest absolute Gasteiger partial charge is 0.251 e. The van der Waals surface area contributed by atoms with Crippen molar-refractivity contribution in [2.75, 3.05) is 31.6 Å². The average Bonchev–Trinajstić information content (AvgIpc) is 3.15. The lowest BCUT2D eigenvalue weighted by Crippen LogP contribution is -2.31. The zero-order chi connectivity index (χ0) is 20.1. The van der Waals surface area contributed by atoms with Crippen molar-refractivity contribution in [2.45, 2.75) is 26.4 Å². The number of amides is 1. The van der Waals surface area contributed by atoms with E-state index in [-0.39, 0.29) is 17.8 Å². The van der Waals surface area contributed by atoms with E-state index in [1.807, 2.05) is 13.8 Å². The number of carbonyl (C=O) groups excluding carboxylic acids is 1. The second kappa shape index (κ2) is 8.95. The van der Waals surface area contributed by atoms with Gasteiger partial charge < -0.3 is 19.7 Å². The molecule has 0 aromatic heterocycles. The molecule has 1 unspecified atom stereocenters. The van der Waals surface area contributed by atoms with E-state index in [1.165, 1.54) is 12.1 Å². The van der Waals surface area contributed by atoms with E-state index < -0.39 is 0 Å². The first-order chi connectivity index (χ1) is 13.5. The summed E-state index contributed by atoms with van der Waals surface area (Å²) >= 11 is 0. The standard InChI is InChI=1S/C22H27FN2O3/c1-15(2)28-20-9-4-17(12-21(20)27-3)22(26)24-13-16-10-11-25(14-16)19-7-5-18(23)6-8-19/h4-9,12,15-16H,10-11,13-14H2,1-3H3,(H,24,26). The predicted octanol–water partition coefficient (Wildman–Crippen LogP) is 3.88. The molecule has 0 spiro atoms. The Balaban J connectivity index is 1.55. The monoisotopic (exact) mass is 386 g/mol. The van der Waals surface area contributed by atoms with Gasteiger partial charge in [0, 0.05) is 30.9 Å². The number of anilines is 1. The Morgan fingerprint density at radius 1 is 1.21 bits per heavy atom. The van der Waals surface area contributed by atoms with Crippen LogP contribution in [-0.2, 0) is 0 Å². The van der Waals surface area contributed by atoms with Crippen molar-refractivity contribution in [1.82, 2.24) is 5.32 Å². The van der Waals surface area contributed by atoms with Gasteiger partial charge in [-0.15, -0.1) is 0 Å². The van der Waals surface area contributed by atoms with E-state index in [4.69, 9.17) is 9.47 Å². The van der Waals surface area contributed by atoms with Gasteiger partial charge in [-0.25, -0.2) is 4.39 Å². The molecule has 6 heteroatoms. The number of nitrogens with zero attached hydrogens (tertiary/aromatic N) is 1. The van der Waals surface area contributed by atoms with Crippen LogP contribution in [0.2, 0.25) is 0 Å². The highest BCUT2D eigenvalue weighted by Gasteiger charge is 2.23. The maximum atomic E-state index is 13.1. The molecule has 1 N–H and O–H groups in total. The molecule has 0 bridgehead atoms. The van der Waals surface area contributed by atoms with Crippen LogP contribution in [0.15, 0.2) is 42.5 Å². The summed E-state index contributed by atoms with van der Waals surface area (Å²) in [5.74, 6) is 1.17. The van der Waals surface area contributed by atoms with Crippen molar-refractivity contribution in [1.29, 1.82) is 0 Å². The van der Waals surface area contributed by atoms with Crippen LogP contribution < -0.4 is 19.7 Å². The first-order valence-electron chi connectivity index (χ1n) is 9.59. The van der Waals surface area contributed by atoms with Crippen LogP contribution in [0.3, 0.4) is 0 Å². The zero-order valence-corrected chi connectivity index (χ0v) is 16.6. The number of rotatable bonds is 7. The maximum absolute atomic E-state index is 13.1. The molecule has 5 nitrogen and oxygen atoms in total. The minimum atomic E-state index is -0.230. The molecule has 1 saturated heterocycles. The lowest BCUT2D eigenvalue weighted by molar-refractivity contribution is 0.0948. The fourth-order valence-electron chi connectivity index (χ4n) is 3.38. The molecule has 1 amide bonds. The number of benzene rings is 2. The van der Waals surface area contributed by atoms with Gasteiger partial charge in [-0.05, 0) is 68.7 Å². The van der Waals surface area contributed by atoms with Crippen LogP contribution in [0.1, 0.15) is 30.6 Å². The summed E-state index contributed by atoms with van der Waals surface area (Å²) in [5, 5.41) is 3.01. The normalized spacial score (nSPS) is 16.3. The van der Waals surface area contributed by atoms with Crippen LogP contribution in [0.4, 0.5) is 10.1 Å². The third-order valence-electron chi connectivity index (χ3n) is 4.82. The van der Waals surface area contributed by atoms with Crippen molar-refractivity contribution < 1.29 is 18.7 Å². The quantitative estimate of drug-likeness (QED) is 0.785. The average molecular weight is 386 g/mol. The molecule has 150 valence electrons. The predicted molar refractivity (Wildman–Crippen MR) is 108 cm³/mol. The molecule has 0 radical (unpaired) electrons. The fourth-order valence-corrected chi connectivity index (χ4v) is 3.38. The van der Waals surface area contributed by atoms with E-state index in [0.717, 1.165) is 25.2 Å². The van der Waals surface area contributed by atoms with Gasteiger partial charge in [0.15, 0.2) is 11.5 Å². The Morgan fingerprint density at radius 3 is 2.64 bits per heavy atom. The summed E-state index contributed by atoms with van der Waals surface area (Å²) < 4.78 is 24.1. The molecule has 1 fully saturated rings. The maximum Gasteiger partial charge on any atom is 0.251 e. The van der Waals surface area contributed by atoms with Gasteiger partial charge in [0.05, 0.1) is 13.2 Å². The summed E-state index contributed by atoms with van der Waals surface area (Å²) in [7, 11) is 1.56. The second-order valence-electron chi connectivity index (χ2n) is 7.32. The zero-order valence-electron chi connectivity index (χ0n) is 16.6. The van der Waals surface area contributed by atoms with Gasteiger partial charge >= 0.3 is 0 Å². The van der Waals surface area contributed by atoms with Crippen molar-refractivity contribution in [3.63, 3.8) is 0 Å². The van der Waals surface area contributed by atoms with Crippen molar-refractivity contribution >= 4 is 11.6 Å². The third-order valence-corrected chi connectivity index (χ3v) is 4.82. The van der Waals surface area contributed by atoms with Gasteiger partial charge in [0.1, 0.15) is 5.82 Å². The number of hydrogen-bond acceptors (Lipinski definition) is 4. The largest absolute Gasteiger partial charge is 0.493 e. The summed E-state index contributed by atoms with van der Waals surface area (Å²) in [5.41, 5.74) is 1.56. The van der Waals surface area contributed by atoms with Crippen LogP contribution in [0.5, 0.6) is 11.5 Å². The molecular formula is C22H27FN2O3. The van der Waals surface area contributed by atoms with E-state index in [2.05, 4.69) is 10.2 Å². The molecule has 1 aliphatic heterocycles. The molecule has 1 aliphatic rings. The molecule has 0 aliphatic carbocycles.